The Kier molecular flexibility index (Phi) is 4.03. The summed E-state index contributed by atoms with van der Waals surface area (Å²) in [6.45, 7) is 0. The van der Waals surface area contributed by atoms with Gasteiger partial charge in [-0.3, -0.25) is 14.9 Å². The first-order valence-corrected chi connectivity index (χ1v) is 9.09. The standard InChI is InChI=1S/C18H11ClN8O3/c19-10-7-5-9(6-8-10)14-13-15(17(28)22-21-14)20-18-23-24-25-26(18)16(13)11-3-1-2-4-12(11)27(29)30/h1-8,16H,(H,22,28)(H,20,23,25)/t16-/m0/s1. The maximum Gasteiger partial charge on any atom is 0.288 e. The van der Waals surface area contributed by atoms with E-state index in [0.717, 1.165) is 0 Å². The summed E-state index contributed by atoms with van der Waals surface area (Å²) in [5, 5.41) is 33.4. The van der Waals surface area contributed by atoms with Crippen LogP contribution in [0.3, 0.4) is 0 Å². The van der Waals surface area contributed by atoms with Gasteiger partial charge in [0.1, 0.15) is 11.7 Å². The zero-order valence-corrected chi connectivity index (χ0v) is 15.7. The predicted molar refractivity (Wildman–Crippen MR) is 107 cm³/mol. The Bertz CT molecular complexity index is 1350. The highest BCUT2D eigenvalue weighted by molar-refractivity contribution is 6.30. The zero-order valence-electron chi connectivity index (χ0n) is 15.0. The van der Waals surface area contributed by atoms with E-state index in [0.29, 0.717) is 27.4 Å². The van der Waals surface area contributed by atoms with E-state index in [4.69, 9.17) is 11.6 Å². The van der Waals surface area contributed by atoms with Gasteiger partial charge in [-0.15, -0.1) is 0 Å². The number of aromatic amines is 1. The molecule has 2 N–H and O–H groups in total. The van der Waals surface area contributed by atoms with Gasteiger partial charge in [-0.25, -0.2) is 5.10 Å². The Hall–Kier alpha value is -4.12. The number of halogens is 1. The Morgan fingerprint density at radius 1 is 1.13 bits per heavy atom. The molecule has 148 valence electrons. The summed E-state index contributed by atoms with van der Waals surface area (Å²) in [5.74, 6) is 0.185. The molecule has 2 aromatic carbocycles. The van der Waals surface area contributed by atoms with Crippen molar-refractivity contribution in [3.8, 4) is 11.3 Å². The zero-order chi connectivity index (χ0) is 20.8. The summed E-state index contributed by atoms with van der Waals surface area (Å²) in [4.78, 5) is 23.8. The SMILES string of the molecule is O=c1[nH]nc(-c2ccc(Cl)cc2)c2c1Nc1nnnn1[C@H]2c1ccccc1[N+](=O)[O-]. The Balaban J connectivity index is 1.85. The lowest BCUT2D eigenvalue weighted by Crippen LogP contribution is -2.29. The molecule has 2 aromatic heterocycles. The monoisotopic (exact) mass is 422 g/mol. The number of nitro groups is 1. The molecule has 0 amide bonds. The van der Waals surface area contributed by atoms with Gasteiger partial charge in [-0.2, -0.15) is 9.78 Å². The van der Waals surface area contributed by atoms with Crippen molar-refractivity contribution in [2.45, 2.75) is 6.04 Å². The van der Waals surface area contributed by atoms with Crippen LogP contribution < -0.4 is 10.9 Å². The van der Waals surface area contributed by atoms with E-state index in [9.17, 15) is 14.9 Å². The molecule has 30 heavy (non-hydrogen) atoms. The third kappa shape index (κ3) is 2.71. The number of rotatable bonds is 3. The molecule has 11 nitrogen and oxygen atoms in total. The van der Waals surface area contributed by atoms with Crippen molar-refractivity contribution in [1.29, 1.82) is 0 Å². The summed E-state index contributed by atoms with van der Waals surface area (Å²) in [5.41, 5.74) is 1.35. The smallest absolute Gasteiger partial charge is 0.288 e. The van der Waals surface area contributed by atoms with Gasteiger partial charge >= 0.3 is 0 Å². The Morgan fingerprint density at radius 2 is 1.90 bits per heavy atom. The Labute approximate surface area is 172 Å². The number of hydrogen-bond acceptors (Lipinski definition) is 8. The van der Waals surface area contributed by atoms with E-state index in [1.165, 1.54) is 10.7 Å². The van der Waals surface area contributed by atoms with Gasteiger partial charge in [-0.05, 0) is 28.6 Å². The molecule has 3 heterocycles. The van der Waals surface area contributed by atoms with E-state index >= 15 is 0 Å². The molecule has 0 bridgehead atoms. The van der Waals surface area contributed by atoms with Crippen LogP contribution in [-0.2, 0) is 0 Å². The fourth-order valence-corrected chi connectivity index (χ4v) is 3.66. The minimum Gasteiger partial charge on any atom is -0.318 e. The second-order valence-corrected chi connectivity index (χ2v) is 6.92. The molecule has 1 aliphatic heterocycles. The molecule has 1 aliphatic rings. The van der Waals surface area contributed by atoms with Gasteiger partial charge < -0.3 is 5.32 Å². The molecule has 4 aromatic rings. The van der Waals surface area contributed by atoms with Crippen LogP contribution in [0.15, 0.2) is 53.3 Å². The first-order valence-electron chi connectivity index (χ1n) is 8.71. The maximum atomic E-state index is 12.6. The predicted octanol–water partition coefficient (Wildman–Crippen LogP) is 2.68. The van der Waals surface area contributed by atoms with Gasteiger partial charge in [0.15, 0.2) is 0 Å². The number of para-hydroxylation sites is 1. The van der Waals surface area contributed by atoms with Crippen LogP contribution in [0.5, 0.6) is 0 Å². The van der Waals surface area contributed by atoms with Crippen molar-refractivity contribution in [1.82, 2.24) is 30.4 Å². The van der Waals surface area contributed by atoms with E-state index in [2.05, 4.69) is 31.0 Å². The van der Waals surface area contributed by atoms with Crippen LogP contribution in [0.2, 0.25) is 5.02 Å². The second-order valence-electron chi connectivity index (χ2n) is 6.49. The number of fused-ring (bicyclic) bond motifs is 2. The van der Waals surface area contributed by atoms with Crippen molar-refractivity contribution in [3.05, 3.63) is 85.1 Å². The quantitative estimate of drug-likeness (QED) is 0.333. The van der Waals surface area contributed by atoms with E-state index in [1.807, 2.05) is 0 Å². The number of tetrazole rings is 1. The molecule has 0 aliphatic carbocycles. The largest absolute Gasteiger partial charge is 0.318 e. The van der Waals surface area contributed by atoms with Crippen LogP contribution in [0.1, 0.15) is 17.2 Å². The molecule has 0 fully saturated rings. The lowest BCUT2D eigenvalue weighted by Gasteiger charge is -2.27. The van der Waals surface area contributed by atoms with Gasteiger partial charge in [0.2, 0.25) is 5.95 Å². The van der Waals surface area contributed by atoms with Crippen molar-refractivity contribution in [3.63, 3.8) is 0 Å². The molecular formula is C18H11ClN8O3. The van der Waals surface area contributed by atoms with Crippen LogP contribution in [0.25, 0.3) is 11.3 Å². The number of nitrogens with zero attached hydrogens (tertiary/aromatic N) is 6. The van der Waals surface area contributed by atoms with Gasteiger partial charge in [-0.1, -0.05) is 41.0 Å². The average molecular weight is 423 g/mol. The van der Waals surface area contributed by atoms with Crippen LogP contribution in [0.4, 0.5) is 17.3 Å². The molecule has 0 radical (unpaired) electrons. The maximum absolute atomic E-state index is 12.6. The highest BCUT2D eigenvalue weighted by Crippen LogP contribution is 2.43. The van der Waals surface area contributed by atoms with Gasteiger partial charge in [0.05, 0.1) is 16.2 Å². The first-order chi connectivity index (χ1) is 14.5. The third-order valence-electron chi connectivity index (χ3n) is 4.81. The molecular weight excluding hydrogens is 412 g/mol. The van der Waals surface area contributed by atoms with E-state index in [1.54, 1.807) is 42.5 Å². The fourth-order valence-electron chi connectivity index (χ4n) is 3.54. The third-order valence-corrected chi connectivity index (χ3v) is 5.07. The van der Waals surface area contributed by atoms with Crippen molar-refractivity contribution < 1.29 is 4.92 Å². The molecule has 5 rings (SSSR count). The number of nitro benzene ring substituents is 1. The lowest BCUT2D eigenvalue weighted by atomic mass is 9.91. The fraction of sp³-hybridized carbons (Fsp3) is 0.0556. The number of nitrogens with one attached hydrogen (secondary N) is 2. The van der Waals surface area contributed by atoms with Crippen LogP contribution >= 0.6 is 11.6 Å². The average Bonchev–Trinajstić information content (AvgIpc) is 3.22. The van der Waals surface area contributed by atoms with Crippen LogP contribution in [0, 0.1) is 10.1 Å². The summed E-state index contributed by atoms with van der Waals surface area (Å²) in [7, 11) is 0. The summed E-state index contributed by atoms with van der Waals surface area (Å²) in [6.07, 6.45) is 0. The second kappa shape index (κ2) is 6.74. The lowest BCUT2D eigenvalue weighted by molar-refractivity contribution is -0.385. The van der Waals surface area contributed by atoms with Crippen molar-refractivity contribution >= 4 is 28.9 Å². The molecule has 0 spiro atoms. The molecule has 0 saturated carbocycles. The van der Waals surface area contributed by atoms with Gasteiger partial charge in [0, 0.05) is 22.2 Å². The van der Waals surface area contributed by atoms with Crippen molar-refractivity contribution in [2.24, 2.45) is 0 Å². The van der Waals surface area contributed by atoms with E-state index in [-0.39, 0.29) is 17.3 Å². The topological polar surface area (TPSA) is 145 Å². The number of benzene rings is 2. The Morgan fingerprint density at radius 3 is 2.67 bits per heavy atom. The molecule has 1 atom stereocenters. The number of aromatic nitrogens is 6. The molecule has 0 saturated heterocycles. The first kappa shape index (κ1) is 17.9. The van der Waals surface area contributed by atoms with Gasteiger partial charge in [0.25, 0.3) is 11.2 Å². The summed E-state index contributed by atoms with van der Waals surface area (Å²) >= 11 is 6.00. The van der Waals surface area contributed by atoms with Crippen LogP contribution in [-0.4, -0.2) is 35.3 Å². The molecule has 0 unspecified atom stereocenters. The van der Waals surface area contributed by atoms with E-state index < -0.39 is 16.5 Å². The minimum atomic E-state index is -0.853. The van der Waals surface area contributed by atoms with Crippen molar-refractivity contribution in [2.75, 3.05) is 5.32 Å². The highest BCUT2D eigenvalue weighted by Gasteiger charge is 2.37. The highest BCUT2D eigenvalue weighted by atomic mass is 35.5. The molecule has 12 heteroatoms. The number of anilines is 2. The number of H-pyrrole nitrogens is 1. The normalized spacial score (nSPS) is 14.5. The number of hydrogen-bond donors (Lipinski definition) is 2. The minimum absolute atomic E-state index is 0.126. The summed E-state index contributed by atoms with van der Waals surface area (Å²) < 4.78 is 1.39. The summed E-state index contributed by atoms with van der Waals surface area (Å²) in [6, 6.07) is 12.3.